The van der Waals surface area contributed by atoms with Gasteiger partial charge in [0.2, 0.25) is 5.91 Å². The van der Waals surface area contributed by atoms with Gasteiger partial charge in [0.15, 0.2) is 0 Å². The number of likely N-dealkylation sites (tertiary alicyclic amines) is 1. The first-order valence-corrected chi connectivity index (χ1v) is 14.3. The number of aromatic carboxylic acids is 1. The lowest BCUT2D eigenvalue weighted by Crippen LogP contribution is -2.62. The first-order valence-electron chi connectivity index (χ1n) is 14.3. The molecule has 3 aliphatic rings. The number of rotatable bonds is 7. The first-order chi connectivity index (χ1) is 18.3. The Bertz CT molecular complexity index is 1210. The number of carboxylic acids is 1. The van der Waals surface area contributed by atoms with Gasteiger partial charge in [0.25, 0.3) is 5.56 Å². The quantitative estimate of drug-likeness (QED) is 0.529. The van der Waals surface area contributed by atoms with Crippen LogP contribution in [-0.4, -0.2) is 50.2 Å². The van der Waals surface area contributed by atoms with Crippen molar-refractivity contribution in [3.8, 4) is 11.1 Å². The molecule has 1 aromatic heterocycles. The van der Waals surface area contributed by atoms with Crippen molar-refractivity contribution in [1.29, 1.82) is 0 Å². The SMILES string of the molecule is O=C(O)c1cn(CC2(O)CCN(C(=O)CCC3CCCCC3)CC23CCCC3)c(=O)cc1-c1ccccc1. The van der Waals surface area contributed by atoms with Crippen LogP contribution in [0.25, 0.3) is 11.1 Å². The van der Waals surface area contributed by atoms with E-state index in [0.29, 0.717) is 43.0 Å². The molecule has 1 amide bonds. The van der Waals surface area contributed by atoms with Gasteiger partial charge in [-0.3, -0.25) is 9.59 Å². The lowest BCUT2D eigenvalue weighted by atomic mass is 9.65. The topological polar surface area (TPSA) is 99.8 Å². The van der Waals surface area contributed by atoms with E-state index in [1.807, 2.05) is 23.1 Å². The molecule has 1 unspecified atom stereocenters. The molecule has 5 rings (SSSR count). The smallest absolute Gasteiger partial charge is 0.337 e. The predicted octanol–water partition coefficient (Wildman–Crippen LogP) is 5.10. The van der Waals surface area contributed by atoms with Crippen molar-refractivity contribution < 1.29 is 19.8 Å². The Kier molecular flexibility index (Phi) is 7.75. The minimum atomic E-state index is -1.18. The van der Waals surface area contributed by atoms with Gasteiger partial charge >= 0.3 is 5.97 Å². The molecule has 38 heavy (non-hydrogen) atoms. The Morgan fingerprint density at radius 3 is 2.37 bits per heavy atom. The largest absolute Gasteiger partial charge is 0.478 e. The molecule has 1 aliphatic heterocycles. The maximum atomic E-state index is 13.2. The van der Waals surface area contributed by atoms with Gasteiger partial charge < -0.3 is 19.7 Å². The van der Waals surface area contributed by atoms with Gasteiger partial charge in [-0.25, -0.2) is 4.79 Å². The highest BCUT2D eigenvalue weighted by Gasteiger charge is 2.55. The molecule has 2 aromatic rings. The van der Waals surface area contributed by atoms with Gasteiger partial charge in [0, 0.05) is 42.8 Å². The number of nitrogens with zero attached hydrogens (tertiary/aromatic N) is 2. The van der Waals surface area contributed by atoms with Crippen molar-refractivity contribution in [3.05, 3.63) is 58.5 Å². The molecule has 2 aliphatic carbocycles. The van der Waals surface area contributed by atoms with Crippen LogP contribution in [0.15, 0.2) is 47.4 Å². The number of hydrogen-bond acceptors (Lipinski definition) is 4. The molecule has 3 fully saturated rings. The maximum absolute atomic E-state index is 13.2. The summed E-state index contributed by atoms with van der Waals surface area (Å²) in [6, 6.07) is 10.4. The average molecular weight is 521 g/mol. The van der Waals surface area contributed by atoms with E-state index in [-0.39, 0.29) is 23.6 Å². The number of carbonyl (C=O) groups excluding carboxylic acids is 1. The molecule has 1 saturated heterocycles. The number of amides is 1. The predicted molar refractivity (Wildman–Crippen MR) is 146 cm³/mol. The first kappa shape index (κ1) is 26.7. The monoisotopic (exact) mass is 520 g/mol. The molecule has 7 heteroatoms. The summed E-state index contributed by atoms with van der Waals surface area (Å²) in [4.78, 5) is 40.5. The van der Waals surface area contributed by atoms with Crippen LogP contribution in [0.1, 0.15) is 87.4 Å². The fourth-order valence-corrected chi connectivity index (χ4v) is 7.28. The highest BCUT2D eigenvalue weighted by Crippen LogP contribution is 2.51. The van der Waals surface area contributed by atoms with Gasteiger partial charge in [-0.15, -0.1) is 0 Å². The molecular weight excluding hydrogens is 480 g/mol. The van der Waals surface area contributed by atoms with Crippen LogP contribution < -0.4 is 5.56 Å². The summed E-state index contributed by atoms with van der Waals surface area (Å²) in [7, 11) is 0. The number of aromatic nitrogens is 1. The van der Waals surface area contributed by atoms with E-state index in [2.05, 4.69) is 0 Å². The zero-order valence-electron chi connectivity index (χ0n) is 22.2. The van der Waals surface area contributed by atoms with Gasteiger partial charge in [-0.1, -0.05) is 75.3 Å². The van der Waals surface area contributed by atoms with Crippen LogP contribution in [0.2, 0.25) is 0 Å². The molecule has 0 radical (unpaired) electrons. The number of piperidine rings is 1. The van der Waals surface area contributed by atoms with Crippen LogP contribution in [-0.2, 0) is 11.3 Å². The van der Waals surface area contributed by atoms with E-state index in [0.717, 1.165) is 32.1 Å². The van der Waals surface area contributed by atoms with E-state index in [1.165, 1.54) is 48.9 Å². The second-order valence-corrected chi connectivity index (χ2v) is 11.9. The number of hydrogen-bond donors (Lipinski definition) is 2. The molecule has 1 spiro atoms. The third-order valence-electron chi connectivity index (χ3n) is 9.55. The molecule has 7 nitrogen and oxygen atoms in total. The summed E-state index contributed by atoms with van der Waals surface area (Å²) < 4.78 is 1.37. The molecule has 2 N–H and O–H groups in total. The second kappa shape index (κ2) is 11.0. The maximum Gasteiger partial charge on any atom is 0.337 e. The molecule has 1 atom stereocenters. The molecule has 2 saturated carbocycles. The highest BCUT2D eigenvalue weighted by atomic mass is 16.4. The Hall–Kier alpha value is -2.93. The summed E-state index contributed by atoms with van der Waals surface area (Å²) >= 11 is 0. The Balaban J connectivity index is 1.36. The Labute approximate surface area is 224 Å². The standard InChI is InChI=1S/C31H40N2O5/c34-27(14-13-23-9-3-1-4-10-23)32-18-17-31(38,30(21-32)15-7-8-16-30)22-33-20-26(29(36)37)25(19-28(33)35)24-11-5-2-6-12-24/h2,5-6,11-12,19-20,23,38H,1,3-4,7-10,13-18,21-22H2,(H,36,37). The van der Waals surface area contributed by atoms with Crippen molar-refractivity contribution in [2.24, 2.45) is 11.3 Å². The van der Waals surface area contributed by atoms with E-state index in [4.69, 9.17) is 0 Å². The van der Waals surface area contributed by atoms with Crippen LogP contribution in [0, 0.1) is 11.3 Å². The number of benzene rings is 1. The number of carbonyl (C=O) groups is 2. The van der Waals surface area contributed by atoms with E-state index < -0.39 is 17.0 Å². The number of aliphatic hydroxyl groups is 1. The summed E-state index contributed by atoms with van der Waals surface area (Å²) in [6.07, 6.45) is 13.2. The van der Waals surface area contributed by atoms with Crippen LogP contribution in [0.5, 0.6) is 0 Å². The molecule has 1 aromatic carbocycles. The Morgan fingerprint density at radius 1 is 0.974 bits per heavy atom. The third-order valence-corrected chi connectivity index (χ3v) is 9.55. The van der Waals surface area contributed by atoms with Gasteiger partial charge in [0.1, 0.15) is 0 Å². The second-order valence-electron chi connectivity index (χ2n) is 11.9. The fraction of sp³-hybridized carbons (Fsp3) is 0.581. The highest BCUT2D eigenvalue weighted by molar-refractivity contribution is 5.95. The third kappa shape index (κ3) is 5.31. The summed E-state index contributed by atoms with van der Waals surface area (Å²) in [5.74, 6) is -0.274. The van der Waals surface area contributed by atoms with Gasteiger partial charge in [-0.05, 0) is 37.2 Å². The molecular formula is C31H40N2O5. The minimum Gasteiger partial charge on any atom is -0.478 e. The summed E-state index contributed by atoms with van der Waals surface area (Å²) in [6.45, 7) is 1.01. The fourth-order valence-electron chi connectivity index (χ4n) is 7.28. The zero-order valence-corrected chi connectivity index (χ0v) is 22.2. The van der Waals surface area contributed by atoms with Crippen molar-refractivity contribution in [2.45, 2.75) is 89.2 Å². The lowest BCUT2D eigenvalue weighted by molar-refractivity contribution is -0.160. The molecule has 2 heterocycles. The van der Waals surface area contributed by atoms with Crippen molar-refractivity contribution in [1.82, 2.24) is 9.47 Å². The summed E-state index contributed by atoms with van der Waals surface area (Å²) in [5, 5.41) is 22.0. The van der Waals surface area contributed by atoms with E-state index in [9.17, 15) is 24.6 Å². The zero-order chi connectivity index (χ0) is 26.8. The van der Waals surface area contributed by atoms with Gasteiger partial charge in [-0.2, -0.15) is 0 Å². The molecule has 204 valence electrons. The Morgan fingerprint density at radius 2 is 1.68 bits per heavy atom. The van der Waals surface area contributed by atoms with Crippen molar-refractivity contribution in [2.75, 3.05) is 13.1 Å². The number of pyridine rings is 1. The number of carboxylic acid groups (broad SMARTS) is 1. The minimum absolute atomic E-state index is 0.0330. The van der Waals surface area contributed by atoms with E-state index >= 15 is 0 Å². The van der Waals surface area contributed by atoms with E-state index in [1.54, 1.807) is 12.1 Å². The normalized spacial score (nSPS) is 23.6. The summed E-state index contributed by atoms with van der Waals surface area (Å²) in [5.41, 5.74) is -0.915. The van der Waals surface area contributed by atoms with Crippen molar-refractivity contribution in [3.63, 3.8) is 0 Å². The van der Waals surface area contributed by atoms with Crippen LogP contribution in [0.3, 0.4) is 0 Å². The van der Waals surface area contributed by atoms with Crippen molar-refractivity contribution >= 4 is 11.9 Å². The van der Waals surface area contributed by atoms with Crippen LogP contribution >= 0.6 is 0 Å². The van der Waals surface area contributed by atoms with Crippen LogP contribution in [0.4, 0.5) is 0 Å². The average Bonchev–Trinajstić information content (AvgIpc) is 3.41. The molecule has 0 bridgehead atoms. The van der Waals surface area contributed by atoms with Gasteiger partial charge in [0.05, 0.1) is 17.7 Å². The lowest BCUT2D eigenvalue weighted by Gasteiger charge is -2.52.